The fourth-order valence-electron chi connectivity index (χ4n) is 4.50. The monoisotopic (exact) mass is 413 g/mol. The predicted molar refractivity (Wildman–Crippen MR) is 117 cm³/mol. The number of carbonyl (C=O) groups is 2. The van der Waals surface area contributed by atoms with Gasteiger partial charge in [0.15, 0.2) is 0 Å². The maximum atomic E-state index is 12.7. The van der Waals surface area contributed by atoms with Crippen LogP contribution in [0.3, 0.4) is 0 Å². The Morgan fingerprint density at radius 3 is 2.03 bits per heavy atom. The van der Waals surface area contributed by atoms with Crippen LogP contribution < -0.4 is 5.32 Å². The van der Waals surface area contributed by atoms with Crippen LogP contribution in [0.4, 0.5) is 4.79 Å². The largest absolute Gasteiger partial charge is 0.478 e. The molecule has 156 valence electrons. The van der Waals surface area contributed by atoms with Crippen molar-refractivity contribution in [2.24, 2.45) is 5.92 Å². The summed E-state index contributed by atoms with van der Waals surface area (Å²) in [6, 6.07) is 23.0. The highest BCUT2D eigenvalue weighted by atomic mass is 16.5. The summed E-state index contributed by atoms with van der Waals surface area (Å²) in [5.74, 6) is -0.581. The molecule has 2 aliphatic carbocycles. The van der Waals surface area contributed by atoms with Gasteiger partial charge in [0, 0.05) is 5.92 Å². The molecule has 31 heavy (non-hydrogen) atoms. The minimum Gasteiger partial charge on any atom is -0.478 e. The molecule has 3 aromatic rings. The van der Waals surface area contributed by atoms with E-state index in [4.69, 9.17) is 9.84 Å². The van der Waals surface area contributed by atoms with Crippen molar-refractivity contribution in [2.75, 3.05) is 6.61 Å². The first-order valence-electron chi connectivity index (χ1n) is 10.6. The third-order valence-electron chi connectivity index (χ3n) is 6.23. The Hall–Kier alpha value is -3.60. The van der Waals surface area contributed by atoms with Gasteiger partial charge in [0.25, 0.3) is 0 Å². The van der Waals surface area contributed by atoms with Gasteiger partial charge in [0.2, 0.25) is 0 Å². The summed E-state index contributed by atoms with van der Waals surface area (Å²) < 4.78 is 5.69. The van der Waals surface area contributed by atoms with Crippen LogP contribution in [0, 0.1) is 5.92 Å². The van der Waals surface area contributed by atoms with Crippen molar-refractivity contribution < 1.29 is 19.4 Å². The summed E-state index contributed by atoms with van der Waals surface area (Å²) >= 11 is 0. The molecule has 0 aliphatic heterocycles. The SMILES string of the molecule is O=C(N[C@H](c1ccc(C(=O)O)cc1)C1CC1)OCC1c2ccccc2-c2ccccc21. The van der Waals surface area contributed by atoms with Crippen LogP contribution in [-0.4, -0.2) is 23.8 Å². The van der Waals surface area contributed by atoms with Crippen LogP contribution in [0.5, 0.6) is 0 Å². The lowest BCUT2D eigenvalue weighted by atomic mass is 9.98. The first-order chi connectivity index (χ1) is 15.1. The van der Waals surface area contributed by atoms with Crippen molar-refractivity contribution in [1.29, 1.82) is 0 Å². The molecule has 0 radical (unpaired) electrons. The number of nitrogens with one attached hydrogen (secondary N) is 1. The number of carboxylic acid groups (broad SMARTS) is 1. The minimum atomic E-state index is -0.959. The van der Waals surface area contributed by atoms with Gasteiger partial charge in [0.05, 0.1) is 11.6 Å². The number of fused-ring (bicyclic) bond motifs is 3. The fraction of sp³-hybridized carbons (Fsp3) is 0.231. The maximum Gasteiger partial charge on any atom is 0.407 e. The number of alkyl carbamates (subject to hydrolysis) is 1. The molecule has 5 rings (SSSR count). The van der Waals surface area contributed by atoms with E-state index in [0.29, 0.717) is 5.92 Å². The summed E-state index contributed by atoms with van der Waals surface area (Å²) in [5, 5.41) is 12.1. The van der Waals surface area contributed by atoms with E-state index in [1.165, 1.54) is 22.3 Å². The van der Waals surface area contributed by atoms with E-state index in [2.05, 4.69) is 29.6 Å². The second kappa shape index (κ2) is 7.91. The molecule has 0 unspecified atom stereocenters. The molecule has 2 aliphatic rings. The quantitative estimate of drug-likeness (QED) is 0.569. The minimum absolute atomic E-state index is 0.0207. The second-order valence-corrected chi connectivity index (χ2v) is 8.21. The normalized spacial score (nSPS) is 15.6. The van der Waals surface area contributed by atoms with Crippen LogP contribution in [0.1, 0.15) is 51.8 Å². The number of hydrogen-bond acceptors (Lipinski definition) is 3. The average Bonchev–Trinajstić information content (AvgIpc) is 3.59. The number of ether oxygens (including phenoxy) is 1. The Bertz CT molecular complexity index is 1090. The number of hydrogen-bond donors (Lipinski definition) is 2. The predicted octanol–water partition coefficient (Wildman–Crippen LogP) is 5.37. The summed E-state index contributed by atoms with van der Waals surface area (Å²) in [5.41, 5.74) is 5.89. The van der Waals surface area contributed by atoms with Crippen molar-refractivity contribution in [3.8, 4) is 11.1 Å². The van der Waals surface area contributed by atoms with Crippen molar-refractivity contribution >= 4 is 12.1 Å². The topological polar surface area (TPSA) is 75.6 Å². The van der Waals surface area contributed by atoms with Crippen molar-refractivity contribution in [2.45, 2.75) is 24.8 Å². The van der Waals surface area contributed by atoms with Gasteiger partial charge >= 0.3 is 12.1 Å². The van der Waals surface area contributed by atoms with Gasteiger partial charge in [-0.25, -0.2) is 9.59 Å². The van der Waals surface area contributed by atoms with Gasteiger partial charge in [-0.2, -0.15) is 0 Å². The van der Waals surface area contributed by atoms with Crippen molar-refractivity contribution in [3.05, 3.63) is 95.1 Å². The van der Waals surface area contributed by atoms with Gasteiger partial charge in [-0.3, -0.25) is 0 Å². The molecular formula is C26H23NO4. The molecule has 3 aromatic carbocycles. The second-order valence-electron chi connectivity index (χ2n) is 8.21. The zero-order valence-electron chi connectivity index (χ0n) is 17.0. The molecule has 0 aromatic heterocycles. The summed E-state index contributed by atoms with van der Waals surface area (Å²) in [6.07, 6.45) is 1.63. The Morgan fingerprint density at radius 1 is 0.903 bits per heavy atom. The lowest BCUT2D eigenvalue weighted by molar-refractivity contribution is 0.0696. The first kappa shape index (κ1) is 19.4. The molecule has 0 bridgehead atoms. The number of carboxylic acids is 1. The zero-order chi connectivity index (χ0) is 21.4. The first-order valence-corrected chi connectivity index (χ1v) is 10.6. The highest BCUT2D eigenvalue weighted by Gasteiger charge is 2.34. The lowest BCUT2D eigenvalue weighted by Gasteiger charge is -2.20. The molecule has 1 fully saturated rings. The maximum absolute atomic E-state index is 12.7. The van der Waals surface area contributed by atoms with Gasteiger partial charge in [0.1, 0.15) is 6.61 Å². The molecular weight excluding hydrogens is 390 g/mol. The van der Waals surface area contributed by atoms with Crippen LogP contribution in [0.2, 0.25) is 0 Å². The molecule has 1 saturated carbocycles. The molecule has 0 heterocycles. The highest BCUT2D eigenvalue weighted by molar-refractivity contribution is 5.87. The number of carbonyl (C=O) groups excluding carboxylic acids is 1. The van der Waals surface area contributed by atoms with Crippen LogP contribution >= 0.6 is 0 Å². The van der Waals surface area contributed by atoms with E-state index in [9.17, 15) is 9.59 Å². The van der Waals surface area contributed by atoms with E-state index >= 15 is 0 Å². The van der Waals surface area contributed by atoms with Crippen LogP contribution in [0.25, 0.3) is 11.1 Å². The van der Waals surface area contributed by atoms with E-state index in [1.807, 2.05) is 24.3 Å². The van der Waals surface area contributed by atoms with Gasteiger partial charge in [-0.1, -0.05) is 60.7 Å². The molecule has 1 amide bonds. The van der Waals surface area contributed by atoms with E-state index in [-0.39, 0.29) is 24.1 Å². The molecule has 1 atom stereocenters. The summed E-state index contributed by atoms with van der Waals surface area (Å²) in [4.78, 5) is 23.8. The zero-order valence-corrected chi connectivity index (χ0v) is 17.0. The van der Waals surface area contributed by atoms with Crippen molar-refractivity contribution in [3.63, 3.8) is 0 Å². The lowest BCUT2D eigenvalue weighted by Crippen LogP contribution is -2.31. The summed E-state index contributed by atoms with van der Waals surface area (Å²) in [7, 11) is 0. The highest BCUT2D eigenvalue weighted by Crippen LogP contribution is 2.45. The Balaban J connectivity index is 1.29. The van der Waals surface area contributed by atoms with Crippen molar-refractivity contribution in [1.82, 2.24) is 5.32 Å². The van der Waals surface area contributed by atoms with E-state index < -0.39 is 12.1 Å². The fourth-order valence-corrected chi connectivity index (χ4v) is 4.50. The van der Waals surface area contributed by atoms with E-state index in [1.54, 1.807) is 24.3 Å². The molecule has 5 heteroatoms. The third kappa shape index (κ3) is 3.79. The van der Waals surface area contributed by atoms with E-state index in [0.717, 1.165) is 18.4 Å². The Morgan fingerprint density at radius 2 is 1.48 bits per heavy atom. The average molecular weight is 413 g/mol. The van der Waals surface area contributed by atoms with Gasteiger partial charge in [-0.15, -0.1) is 0 Å². The van der Waals surface area contributed by atoms with Crippen LogP contribution in [-0.2, 0) is 4.74 Å². The summed E-state index contributed by atoms with van der Waals surface area (Å²) in [6.45, 7) is 0.273. The number of benzene rings is 3. The number of rotatable bonds is 6. The number of amides is 1. The molecule has 0 spiro atoms. The third-order valence-corrected chi connectivity index (χ3v) is 6.23. The smallest absolute Gasteiger partial charge is 0.407 e. The Kier molecular flexibility index (Phi) is 4.94. The Labute approximate surface area is 180 Å². The molecule has 0 saturated heterocycles. The van der Waals surface area contributed by atoms with Crippen LogP contribution in [0.15, 0.2) is 72.8 Å². The molecule has 2 N–H and O–H groups in total. The van der Waals surface area contributed by atoms with Gasteiger partial charge < -0.3 is 15.2 Å². The number of aromatic carboxylic acids is 1. The molecule has 5 nitrogen and oxygen atoms in total. The van der Waals surface area contributed by atoms with Gasteiger partial charge in [-0.05, 0) is 58.7 Å². The standard InChI is InChI=1S/C26H23NO4/c28-25(29)18-13-11-17(12-14-18)24(16-9-10-16)27-26(30)31-15-23-21-7-3-1-5-19(21)20-6-2-4-8-22(20)23/h1-8,11-14,16,23-24H,9-10,15H2,(H,27,30)(H,28,29)/t24-/m0/s1.